The molecule has 4 heteroatoms. The van der Waals surface area contributed by atoms with Gasteiger partial charge in [0.25, 0.3) is 0 Å². The Hall–Kier alpha value is -1.03. The van der Waals surface area contributed by atoms with Gasteiger partial charge in [-0.2, -0.15) is 5.10 Å². The molecule has 2 aliphatic rings. The fourth-order valence-electron chi connectivity index (χ4n) is 2.33. The van der Waals surface area contributed by atoms with E-state index < -0.39 is 0 Å². The maximum Gasteiger partial charge on any atom is 0.150 e. The molecule has 1 saturated carbocycles. The van der Waals surface area contributed by atoms with Gasteiger partial charge >= 0.3 is 0 Å². The number of aromatic nitrogens is 2. The molecule has 0 aromatic carbocycles. The third-order valence-corrected chi connectivity index (χ3v) is 3.28. The van der Waals surface area contributed by atoms with Crippen LogP contribution >= 0.6 is 0 Å². The Labute approximate surface area is 77.3 Å². The van der Waals surface area contributed by atoms with E-state index in [4.69, 9.17) is 5.73 Å². The number of aryl methyl sites for hydroxylation is 1. The van der Waals surface area contributed by atoms with Gasteiger partial charge in [-0.25, -0.2) is 0 Å². The lowest BCUT2D eigenvalue weighted by Gasteiger charge is -2.17. The summed E-state index contributed by atoms with van der Waals surface area (Å²) in [4.78, 5) is 2.33. The smallest absolute Gasteiger partial charge is 0.150 e. The largest absolute Gasteiger partial charge is 0.354 e. The fourth-order valence-corrected chi connectivity index (χ4v) is 2.33. The van der Waals surface area contributed by atoms with Crippen LogP contribution in [0.3, 0.4) is 0 Å². The summed E-state index contributed by atoms with van der Waals surface area (Å²) in [5.41, 5.74) is 5.86. The zero-order valence-corrected chi connectivity index (χ0v) is 7.72. The molecule has 2 heterocycles. The molecule has 70 valence electrons. The number of nitrogens with zero attached hydrogens (tertiary/aromatic N) is 3. The minimum atomic E-state index is 0.472. The van der Waals surface area contributed by atoms with E-state index >= 15 is 0 Å². The van der Waals surface area contributed by atoms with Gasteiger partial charge < -0.3 is 10.6 Å². The van der Waals surface area contributed by atoms with Gasteiger partial charge in [0.1, 0.15) is 0 Å². The molecule has 1 aliphatic carbocycles. The van der Waals surface area contributed by atoms with Crippen LogP contribution < -0.4 is 10.6 Å². The highest BCUT2D eigenvalue weighted by atomic mass is 15.3. The molecule has 1 aliphatic heterocycles. The first-order chi connectivity index (χ1) is 6.25. The average molecular weight is 178 g/mol. The number of anilines is 1. The second kappa shape index (κ2) is 2.26. The van der Waals surface area contributed by atoms with Crippen LogP contribution in [0, 0.1) is 11.8 Å². The van der Waals surface area contributed by atoms with Crippen LogP contribution in [0.15, 0.2) is 12.3 Å². The van der Waals surface area contributed by atoms with E-state index in [0.717, 1.165) is 30.7 Å². The molecule has 0 radical (unpaired) electrons. The van der Waals surface area contributed by atoms with Crippen LogP contribution in [0.25, 0.3) is 0 Å². The molecule has 2 fully saturated rings. The van der Waals surface area contributed by atoms with Crippen molar-refractivity contribution >= 4 is 5.82 Å². The normalized spacial score (nSPS) is 36.5. The number of nitrogens with two attached hydrogens (primary N) is 1. The molecule has 0 spiro atoms. The van der Waals surface area contributed by atoms with Crippen LogP contribution in [0.4, 0.5) is 5.82 Å². The topological polar surface area (TPSA) is 47.1 Å². The summed E-state index contributed by atoms with van der Waals surface area (Å²) in [6.07, 6.45) is 1.99. The van der Waals surface area contributed by atoms with E-state index in [0.29, 0.717) is 6.04 Å². The molecular formula is C9H14N4. The summed E-state index contributed by atoms with van der Waals surface area (Å²) >= 11 is 0. The summed E-state index contributed by atoms with van der Waals surface area (Å²) in [6.45, 7) is 2.20. The van der Waals surface area contributed by atoms with Crippen LogP contribution in [0.1, 0.15) is 0 Å². The highest BCUT2D eigenvalue weighted by molar-refractivity contribution is 5.41. The van der Waals surface area contributed by atoms with Crippen molar-refractivity contribution < 1.29 is 0 Å². The Morgan fingerprint density at radius 3 is 2.69 bits per heavy atom. The predicted molar refractivity (Wildman–Crippen MR) is 50.4 cm³/mol. The second-order valence-electron chi connectivity index (χ2n) is 4.16. The van der Waals surface area contributed by atoms with Gasteiger partial charge in [-0.1, -0.05) is 0 Å². The monoisotopic (exact) mass is 178 g/mol. The standard InChI is InChI=1S/C9H14N4/c1-12-3-2-8(11-12)13-4-6-7(5-13)9(6)10/h2-3,6-7,9H,4-5,10H2,1H3. The molecule has 0 amide bonds. The van der Waals surface area contributed by atoms with Crippen molar-refractivity contribution in [1.29, 1.82) is 0 Å². The van der Waals surface area contributed by atoms with Crippen molar-refractivity contribution in [3.63, 3.8) is 0 Å². The molecule has 1 aromatic rings. The third kappa shape index (κ3) is 0.983. The quantitative estimate of drug-likeness (QED) is 0.648. The van der Waals surface area contributed by atoms with E-state index in [-0.39, 0.29) is 0 Å². The van der Waals surface area contributed by atoms with Crippen LogP contribution in [-0.4, -0.2) is 28.9 Å². The number of fused-ring (bicyclic) bond motifs is 1. The van der Waals surface area contributed by atoms with Crippen LogP contribution in [-0.2, 0) is 7.05 Å². The highest BCUT2D eigenvalue weighted by Gasteiger charge is 2.53. The Morgan fingerprint density at radius 2 is 2.15 bits per heavy atom. The van der Waals surface area contributed by atoms with E-state index in [9.17, 15) is 0 Å². The maximum atomic E-state index is 5.86. The zero-order chi connectivity index (χ0) is 9.00. The Kier molecular flexibility index (Phi) is 1.28. The average Bonchev–Trinajstić information content (AvgIpc) is 2.62. The van der Waals surface area contributed by atoms with E-state index in [1.807, 2.05) is 17.9 Å². The zero-order valence-electron chi connectivity index (χ0n) is 7.72. The van der Waals surface area contributed by atoms with Crippen molar-refractivity contribution in [3.05, 3.63) is 12.3 Å². The first-order valence-electron chi connectivity index (χ1n) is 4.76. The van der Waals surface area contributed by atoms with Gasteiger partial charge in [-0.15, -0.1) is 0 Å². The van der Waals surface area contributed by atoms with Gasteiger partial charge in [-0.3, -0.25) is 4.68 Å². The molecule has 2 N–H and O–H groups in total. The number of hydrogen-bond donors (Lipinski definition) is 1. The summed E-state index contributed by atoms with van der Waals surface area (Å²) in [7, 11) is 1.95. The summed E-state index contributed by atoms with van der Waals surface area (Å²) in [5.74, 6) is 2.57. The van der Waals surface area contributed by atoms with Crippen LogP contribution in [0.2, 0.25) is 0 Å². The molecule has 3 rings (SSSR count). The Morgan fingerprint density at radius 1 is 1.46 bits per heavy atom. The van der Waals surface area contributed by atoms with E-state index in [2.05, 4.69) is 16.1 Å². The molecule has 4 nitrogen and oxygen atoms in total. The molecule has 2 atom stereocenters. The molecule has 2 unspecified atom stereocenters. The van der Waals surface area contributed by atoms with Gasteiger partial charge in [-0.05, 0) is 11.8 Å². The number of hydrogen-bond acceptors (Lipinski definition) is 3. The molecule has 0 bridgehead atoms. The maximum absolute atomic E-state index is 5.86. The molecule has 1 saturated heterocycles. The lowest BCUT2D eigenvalue weighted by Crippen LogP contribution is -2.28. The van der Waals surface area contributed by atoms with Crippen molar-refractivity contribution in [3.8, 4) is 0 Å². The number of piperidine rings is 1. The fraction of sp³-hybridized carbons (Fsp3) is 0.667. The minimum Gasteiger partial charge on any atom is -0.354 e. The third-order valence-electron chi connectivity index (χ3n) is 3.28. The Bertz CT molecular complexity index is 320. The Balaban J connectivity index is 1.76. The molecule has 13 heavy (non-hydrogen) atoms. The van der Waals surface area contributed by atoms with Crippen molar-refractivity contribution in [1.82, 2.24) is 9.78 Å². The van der Waals surface area contributed by atoms with Crippen LogP contribution in [0.5, 0.6) is 0 Å². The van der Waals surface area contributed by atoms with Crippen molar-refractivity contribution in [2.75, 3.05) is 18.0 Å². The van der Waals surface area contributed by atoms with E-state index in [1.54, 1.807) is 0 Å². The molecule has 1 aromatic heterocycles. The first-order valence-corrected chi connectivity index (χ1v) is 4.76. The summed E-state index contributed by atoms with van der Waals surface area (Å²) in [5, 5.41) is 4.37. The SMILES string of the molecule is Cn1ccc(N2CC3C(N)C3C2)n1. The van der Waals surface area contributed by atoms with Crippen molar-refractivity contribution in [2.45, 2.75) is 6.04 Å². The summed E-state index contributed by atoms with van der Waals surface area (Å²) < 4.78 is 1.85. The second-order valence-corrected chi connectivity index (χ2v) is 4.16. The minimum absolute atomic E-state index is 0.472. The van der Waals surface area contributed by atoms with Gasteiger partial charge in [0, 0.05) is 38.4 Å². The van der Waals surface area contributed by atoms with E-state index in [1.165, 1.54) is 0 Å². The van der Waals surface area contributed by atoms with Gasteiger partial charge in [0.2, 0.25) is 0 Å². The summed E-state index contributed by atoms with van der Waals surface area (Å²) in [6, 6.07) is 2.54. The number of rotatable bonds is 1. The van der Waals surface area contributed by atoms with Gasteiger partial charge in [0.15, 0.2) is 5.82 Å². The highest BCUT2D eigenvalue weighted by Crippen LogP contribution is 2.44. The lowest BCUT2D eigenvalue weighted by molar-refractivity contribution is 0.710. The first kappa shape index (κ1) is 7.38. The molecular weight excluding hydrogens is 164 g/mol. The van der Waals surface area contributed by atoms with Gasteiger partial charge in [0.05, 0.1) is 0 Å². The predicted octanol–water partition coefficient (Wildman–Crippen LogP) is -0.187. The van der Waals surface area contributed by atoms with Crippen molar-refractivity contribution in [2.24, 2.45) is 24.6 Å². The lowest BCUT2D eigenvalue weighted by atomic mass is 10.4.